The number of rotatable bonds is 3. The van der Waals surface area contributed by atoms with Crippen LogP contribution < -0.4 is 10.5 Å². The molecule has 0 aromatic heterocycles. The lowest BCUT2D eigenvalue weighted by molar-refractivity contribution is -0.275. The smallest absolute Gasteiger partial charge is 0.504 e. The van der Waals surface area contributed by atoms with E-state index in [4.69, 9.17) is 5.73 Å². The number of phenolic OH excluding ortho intramolecular Hbond substituents is 1. The summed E-state index contributed by atoms with van der Waals surface area (Å²) < 4.78 is 39.9. The van der Waals surface area contributed by atoms with E-state index in [-0.39, 0.29) is 5.92 Å². The van der Waals surface area contributed by atoms with Gasteiger partial charge in [-0.05, 0) is 24.8 Å². The van der Waals surface area contributed by atoms with Crippen molar-refractivity contribution in [2.75, 3.05) is 0 Å². The Kier molecular flexibility index (Phi) is 2.91. The van der Waals surface area contributed by atoms with Gasteiger partial charge in [0.15, 0.2) is 11.5 Å². The van der Waals surface area contributed by atoms with E-state index in [0.29, 0.717) is 5.56 Å². The second kappa shape index (κ2) is 4.10. The maximum Gasteiger partial charge on any atom is 0.573 e. The molecule has 0 aliphatic heterocycles. The number of aromatic hydroxyl groups is 1. The molecule has 94 valence electrons. The molecule has 1 aromatic rings. The van der Waals surface area contributed by atoms with Crippen LogP contribution in [0.4, 0.5) is 13.2 Å². The lowest BCUT2D eigenvalue weighted by Gasteiger charge is -2.16. The quantitative estimate of drug-likeness (QED) is 0.863. The Morgan fingerprint density at radius 2 is 2.00 bits per heavy atom. The molecule has 0 heterocycles. The number of alkyl halides is 3. The molecule has 1 atom stereocenters. The van der Waals surface area contributed by atoms with Gasteiger partial charge in [-0.25, -0.2) is 0 Å². The van der Waals surface area contributed by atoms with Crippen LogP contribution in [0.15, 0.2) is 18.2 Å². The SMILES string of the molecule is N[C@H](c1cccc(OC(F)(F)F)c1O)C1CC1. The molecule has 0 saturated heterocycles. The highest BCUT2D eigenvalue weighted by molar-refractivity contribution is 5.47. The van der Waals surface area contributed by atoms with Crippen LogP contribution in [0.2, 0.25) is 0 Å². The van der Waals surface area contributed by atoms with Crippen LogP contribution in [0.1, 0.15) is 24.4 Å². The Bertz CT molecular complexity index is 416. The minimum Gasteiger partial charge on any atom is -0.504 e. The molecule has 1 aliphatic carbocycles. The first-order valence-corrected chi connectivity index (χ1v) is 5.21. The highest BCUT2D eigenvalue weighted by Gasteiger charge is 2.35. The van der Waals surface area contributed by atoms with E-state index in [9.17, 15) is 18.3 Å². The first kappa shape index (κ1) is 12.0. The van der Waals surface area contributed by atoms with Crippen molar-refractivity contribution < 1.29 is 23.0 Å². The average molecular weight is 247 g/mol. The van der Waals surface area contributed by atoms with Crippen LogP contribution in [0, 0.1) is 5.92 Å². The minimum atomic E-state index is -4.82. The van der Waals surface area contributed by atoms with Gasteiger partial charge in [-0.2, -0.15) is 0 Å². The largest absolute Gasteiger partial charge is 0.573 e. The van der Waals surface area contributed by atoms with E-state index in [2.05, 4.69) is 4.74 Å². The number of hydrogen-bond acceptors (Lipinski definition) is 3. The lowest BCUT2D eigenvalue weighted by atomic mass is 10.0. The van der Waals surface area contributed by atoms with Gasteiger partial charge in [-0.1, -0.05) is 12.1 Å². The van der Waals surface area contributed by atoms with Crippen molar-refractivity contribution in [1.82, 2.24) is 0 Å². The molecule has 17 heavy (non-hydrogen) atoms. The number of halogens is 3. The maximum absolute atomic E-state index is 12.1. The fourth-order valence-electron chi connectivity index (χ4n) is 1.72. The van der Waals surface area contributed by atoms with Crippen molar-refractivity contribution in [2.45, 2.75) is 25.2 Å². The predicted molar refractivity (Wildman–Crippen MR) is 54.4 cm³/mol. The van der Waals surface area contributed by atoms with Crippen LogP contribution in [-0.2, 0) is 0 Å². The normalized spacial score (nSPS) is 17.9. The number of benzene rings is 1. The first-order valence-electron chi connectivity index (χ1n) is 5.21. The summed E-state index contributed by atoms with van der Waals surface area (Å²) in [4.78, 5) is 0. The Balaban J connectivity index is 2.26. The van der Waals surface area contributed by atoms with Crippen molar-refractivity contribution >= 4 is 0 Å². The summed E-state index contributed by atoms with van der Waals surface area (Å²) in [5, 5.41) is 9.69. The Morgan fingerprint density at radius 1 is 1.35 bits per heavy atom. The molecule has 6 heteroatoms. The zero-order valence-corrected chi connectivity index (χ0v) is 8.87. The fourth-order valence-corrected chi connectivity index (χ4v) is 1.72. The molecule has 3 nitrogen and oxygen atoms in total. The van der Waals surface area contributed by atoms with Crippen molar-refractivity contribution in [3.63, 3.8) is 0 Å². The summed E-state index contributed by atoms with van der Waals surface area (Å²) in [6, 6.07) is 3.53. The van der Waals surface area contributed by atoms with E-state index in [1.807, 2.05) is 0 Å². The summed E-state index contributed by atoms with van der Waals surface area (Å²) in [6.07, 6.45) is -2.95. The van der Waals surface area contributed by atoms with Gasteiger partial charge in [0.05, 0.1) is 0 Å². The van der Waals surface area contributed by atoms with E-state index in [0.717, 1.165) is 18.9 Å². The van der Waals surface area contributed by atoms with E-state index in [1.165, 1.54) is 12.1 Å². The molecular formula is C11H12F3NO2. The van der Waals surface area contributed by atoms with Gasteiger partial charge < -0.3 is 15.6 Å². The number of nitrogens with two attached hydrogens (primary N) is 1. The van der Waals surface area contributed by atoms with Crippen molar-refractivity contribution in [3.8, 4) is 11.5 Å². The third-order valence-corrected chi connectivity index (χ3v) is 2.74. The predicted octanol–water partition coefficient (Wildman–Crippen LogP) is 2.70. The van der Waals surface area contributed by atoms with Crippen LogP contribution in [0.3, 0.4) is 0 Å². The topological polar surface area (TPSA) is 55.5 Å². The number of hydrogen-bond donors (Lipinski definition) is 2. The number of ether oxygens (including phenoxy) is 1. The average Bonchev–Trinajstić information content (AvgIpc) is 3.01. The lowest BCUT2D eigenvalue weighted by Crippen LogP contribution is -2.18. The maximum atomic E-state index is 12.1. The standard InChI is InChI=1S/C11H12F3NO2/c12-11(13,14)17-8-3-1-2-7(10(8)16)9(15)6-4-5-6/h1-3,6,9,16H,4-5,15H2/t9-/m0/s1. The summed E-state index contributed by atoms with van der Waals surface area (Å²) in [5.41, 5.74) is 6.14. The fraction of sp³-hybridized carbons (Fsp3) is 0.455. The van der Waals surface area contributed by atoms with Gasteiger partial charge in [-0.15, -0.1) is 13.2 Å². The van der Waals surface area contributed by atoms with Crippen LogP contribution in [-0.4, -0.2) is 11.5 Å². The van der Waals surface area contributed by atoms with Crippen LogP contribution in [0.5, 0.6) is 11.5 Å². The zero-order valence-electron chi connectivity index (χ0n) is 8.87. The monoisotopic (exact) mass is 247 g/mol. The van der Waals surface area contributed by atoms with Gasteiger partial charge in [-0.3, -0.25) is 0 Å². The zero-order chi connectivity index (χ0) is 12.6. The molecule has 3 N–H and O–H groups in total. The number of phenols is 1. The number of para-hydroxylation sites is 1. The third-order valence-electron chi connectivity index (χ3n) is 2.74. The molecule has 0 amide bonds. The Labute approximate surface area is 96.0 Å². The van der Waals surface area contributed by atoms with Gasteiger partial charge in [0.25, 0.3) is 0 Å². The van der Waals surface area contributed by atoms with Crippen molar-refractivity contribution in [3.05, 3.63) is 23.8 Å². The molecule has 1 fully saturated rings. The summed E-state index contributed by atoms with van der Waals surface area (Å²) in [5.74, 6) is -0.891. The van der Waals surface area contributed by atoms with Crippen molar-refractivity contribution in [1.29, 1.82) is 0 Å². The van der Waals surface area contributed by atoms with Crippen LogP contribution in [0.25, 0.3) is 0 Å². The molecule has 0 unspecified atom stereocenters. The highest BCUT2D eigenvalue weighted by Crippen LogP contribution is 2.44. The summed E-state index contributed by atoms with van der Waals surface area (Å²) in [7, 11) is 0. The van der Waals surface area contributed by atoms with Gasteiger partial charge in [0, 0.05) is 11.6 Å². The molecular weight excluding hydrogens is 235 g/mol. The summed E-state index contributed by atoms with van der Waals surface area (Å²) >= 11 is 0. The van der Waals surface area contributed by atoms with E-state index in [1.54, 1.807) is 0 Å². The second-order valence-electron chi connectivity index (χ2n) is 4.10. The van der Waals surface area contributed by atoms with E-state index >= 15 is 0 Å². The second-order valence-corrected chi connectivity index (χ2v) is 4.10. The molecule has 1 aliphatic rings. The van der Waals surface area contributed by atoms with Crippen LogP contribution >= 0.6 is 0 Å². The van der Waals surface area contributed by atoms with Gasteiger partial charge >= 0.3 is 6.36 Å². The summed E-state index contributed by atoms with van der Waals surface area (Å²) in [6.45, 7) is 0. The van der Waals surface area contributed by atoms with E-state index < -0.39 is 23.9 Å². The highest BCUT2D eigenvalue weighted by atomic mass is 19.4. The van der Waals surface area contributed by atoms with Gasteiger partial charge in [0.1, 0.15) is 0 Å². The minimum absolute atomic E-state index is 0.238. The van der Waals surface area contributed by atoms with Gasteiger partial charge in [0.2, 0.25) is 0 Å². The third kappa shape index (κ3) is 2.82. The molecule has 1 aromatic carbocycles. The molecule has 2 rings (SSSR count). The van der Waals surface area contributed by atoms with Crippen molar-refractivity contribution in [2.24, 2.45) is 11.7 Å². The molecule has 0 radical (unpaired) electrons. The first-order chi connectivity index (χ1) is 7.88. The molecule has 0 spiro atoms. The molecule has 0 bridgehead atoms. The molecule has 1 saturated carbocycles. The Morgan fingerprint density at radius 3 is 2.53 bits per heavy atom. The Hall–Kier alpha value is -1.43.